The number of ether oxygens (including phenoxy) is 2. The summed E-state index contributed by atoms with van der Waals surface area (Å²) in [5.74, 6) is 2.32. The smallest absolute Gasteiger partial charge is 0.407 e. The SMILES string of the molecule is CC(C)(C)OC(=O)N[C@H]1CC[C@H](Oc2ccc3c(c2SCc2ccccc2)CC(C)(C)c2c(N)ncnc2-3)CC1. The zero-order valence-corrected chi connectivity index (χ0v) is 24.9. The van der Waals surface area contributed by atoms with E-state index in [1.807, 2.05) is 38.6 Å². The van der Waals surface area contributed by atoms with E-state index in [0.717, 1.165) is 60.4 Å². The summed E-state index contributed by atoms with van der Waals surface area (Å²) in [4.78, 5) is 22.4. The summed E-state index contributed by atoms with van der Waals surface area (Å²) in [6, 6.07) is 14.9. The number of nitrogens with one attached hydrogen (secondary N) is 1. The van der Waals surface area contributed by atoms with Crippen LogP contribution in [-0.2, 0) is 22.3 Å². The number of hydrogen-bond donors (Lipinski definition) is 2. The van der Waals surface area contributed by atoms with Gasteiger partial charge in [0.2, 0.25) is 0 Å². The summed E-state index contributed by atoms with van der Waals surface area (Å²) < 4.78 is 12.2. The lowest BCUT2D eigenvalue weighted by Crippen LogP contribution is -2.42. The molecule has 1 fully saturated rings. The fourth-order valence-corrected chi connectivity index (χ4v) is 6.88. The molecule has 7 nitrogen and oxygen atoms in total. The fraction of sp³-hybridized carbons (Fsp3) is 0.469. The van der Waals surface area contributed by atoms with Crippen molar-refractivity contribution in [2.75, 3.05) is 5.73 Å². The van der Waals surface area contributed by atoms with Crippen LogP contribution in [0.15, 0.2) is 53.7 Å². The maximum absolute atomic E-state index is 12.2. The third-order valence-corrected chi connectivity index (χ3v) is 8.78. The van der Waals surface area contributed by atoms with E-state index in [-0.39, 0.29) is 23.7 Å². The largest absolute Gasteiger partial charge is 0.489 e. The molecule has 40 heavy (non-hydrogen) atoms. The molecule has 0 bridgehead atoms. The van der Waals surface area contributed by atoms with E-state index >= 15 is 0 Å². The van der Waals surface area contributed by atoms with Gasteiger partial charge >= 0.3 is 6.09 Å². The fourth-order valence-electron chi connectivity index (χ4n) is 5.76. The number of fused-ring (bicyclic) bond motifs is 3. The van der Waals surface area contributed by atoms with Gasteiger partial charge in [0, 0.05) is 22.9 Å². The molecule has 0 spiro atoms. The Kier molecular flexibility index (Phi) is 8.00. The number of nitrogens with zero attached hydrogens (tertiary/aromatic N) is 2. The molecule has 2 aromatic carbocycles. The van der Waals surface area contributed by atoms with Gasteiger partial charge in [0.1, 0.15) is 23.5 Å². The van der Waals surface area contributed by atoms with Crippen molar-refractivity contribution in [3.8, 4) is 17.0 Å². The summed E-state index contributed by atoms with van der Waals surface area (Å²) in [5.41, 5.74) is 11.2. The molecule has 212 valence electrons. The van der Waals surface area contributed by atoms with Crippen molar-refractivity contribution < 1.29 is 14.3 Å². The summed E-state index contributed by atoms with van der Waals surface area (Å²) in [7, 11) is 0. The van der Waals surface area contributed by atoms with Crippen LogP contribution in [0, 0.1) is 0 Å². The van der Waals surface area contributed by atoms with Crippen molar-refractivity contribution in [2.24, 2.45) is 0 Å². The van der Waals surface area contributed by atoms with Gasteiger partial charge in [-0.05, 0) is 81.5 Å². The molecular formula is C32H40N4O3S. The molecule has 1 amide bonds. The predicted octanol–water partition coefficient (Wildman–Crippen LogP) is 7.07. The predicted molar refractivity (Wildman–Crippen MR) is 161 cm³/mol. The maximum Gasteiger partial charge on any atom is 0.407 e. The minimum atomic E-state index is -0.502. The molecule has 1 saturated carbocycles. The Morgan fingerprint density at radius 2 is 1.80 bits per heavy atom. The maximum atomic E-state index is 12.2. The average molecular weight is 561 g/mol. The highest BCUT2D eigenvalue weighted by molar-refractivity contribution is 7.98. The first-order valence-corrected chi connectivity index (χ1v) is 15.1. The average Bonchev–Trinajstić information content (AvgIpc) is 2.88. The van der Waals surface area contributed by atoms with Gasteiger partial charge in [-0.3, -0.25) is 0 Å². The minimum absolute atomic E-state index is 0.0904. The monoisotopic (exact) mass is 560 g/mol. The van der Waals surface area contributed by atoms with Crippen LogP contribution in [0.4, 0.5) is 10.6 Å². The lowest BCUT2D eigenvalue weighted by Gasteiger charge is -2.36. The van der Waals surface area contributed by atoms with E-state index in [2.05, 4.69) is 65.5 Å². The number of amides is 1. The zero-order valence-electron chi connectivity index (χ0n) is 24.1. The molecule has 0 saturated heterocycles. The van der Waals surface area contributed by atoms with Gasteiger partial charge in [-0.2, -0.15) is 0 Å². The molecule has 8 heteroatoms. The molecule has 1 aromatic heterocycles. The molecule has 2 aliphatic carbocycles. The number of hydrogen-bond acceptors (Lipinski definition) is 7. The van der Waals surface area contributed by atoms with Crippen molar-refractivity contribution in [3.63, 3.8) is 0 Å². The normalized spacial score (nSPS) is 19.7. The minimum Gasteiger partial charge on any atom is -0.489 e. The van der Waals surface area contributed by atoms with E-state index in [9.17, 15) is 4.79 Å². The highest BCUT2D eigenvalue weighted by Gasteiger charge is 2.37. The van der Waals surface area contributed by atoms with Crippen LogP contribution in [0.3, 0.4) is 0 Å². The second kappa shape index (κ2) is 11.3. The van der Waals surface area contributed by atoms with Crippen LogP contribution in [0.5, 0.6) is 5.75 Å². The molecule has 5 rings (SSSR count). The van der Waals surface area contributed by atoms with E-state index < -0.39 is 5.60 Å². The second-order valence-electron chi connectivity index (χ2n) is 12.5. The van der Waals surface area contributed by atoms with Crippen molar-refractivity contribution in [1.82, 2.24) is 15.3 Å². The van der Waals surface area contributed by atoms with E-state index in [1.54, 1.807) is 6.33 Å². The van der Waals surface area contributed by atoms with E-state index in [1.165, 1.54) is 16.0 Å². The standard InChI is InChI=1S/C32H40N4O3S/c1-31(2,3)39-30(37)36-21-11-13-22(14-12-21)38-25-16-15-23-24(28(25)40-18-20-9-7-6-8-10-20)17-32(4,5)26-27(23)34-19-35-29(26)33/h6-10,15-16,19,21-22H,11-14,17-18H2,1-5H3,(H,36,37)(H2,33,34,35)/t21-,22-. The molecule has 1 heterocycles. The number of thioether (sulfide) groups is 1. The summed E-state index contributed by atoms with van der Waals surface area (Å²) in [5, 5.41) is 3.03. The number of nitrogen functional groups attached to an aromatic ring is 1. The molecular weight excluding hydrogens is 520 g/mol. The van der Waals surface area contributed by atoms with Gasteiger partial charge in [0.25, 0.3) is 0 Å². The van der Waals surface area contributed by atoms with Crippen molar-refractivity contribution in [1.29, 1.82) is 0 Å². The topological polar surface area (TPSA) is 99.4 Å². The third kappa shape index (κ3) is 6.38. The van der Waals surface area contributed by atoms with Crippen LogP contribution < -0.4 is 15.8 Å². The van der Waals surface area contributed by atoms with E-state index in [0.29, 0.717) is 5.82 Å². The van der Waals surface area contributed by atoms with Crippen LogP contribution >= 0.6 is 11.8 Å². The van der Waals surface area contributed by atoms with Gasteiger partial charge in [-0.15, -0.1) is 11.8 Å². The Morgan fingerprint density at radius 3 is 2.50 bits per heavy atom. The number of carbonyl (C=O) groups is 1. The number of alkyl carbamates (subject to hydrolysis) is 1. The Bertz CT molecular complexity index is 1360. The molecule has 0 aliphatic heterocycles. The lowest BCUT2D eigenvalue weighted by molar-refractivity contribution is 0.0470. The quantitative estimate of drug-likeness (QED) is 0.311. The van der Waals surface area contributed by atoms with Gasteiger partial charge in [-0.25, -0.2) is 14.8 Å². The van der Waals surface area contributed by atoms with Gasteiger partial charge < -0.3 is 20.5 Å². The highest BCUT2D eigenvalue weighted by atomic mass is 32.2. The number of nitrogens with two attached hydrogens (primary N) is 1. The first-order chi connectivity index (χ1) is 19.0. The summed E-state index contributed by atoms with van der Waals surface area (Å²) >= 11 is 1.82. The van der Waals surface area contributed by atoms with Crippen molar-refractivity contribution in [2.45, 2.75) is 101 Å². The van der Waals surface area contributed by atoms with Gasteiger partial charge in [0.15, 0.2) is 0 Å². The second-order valence-corrected chi connectivity index (χ2v) is 13.5. The number of rotatable bonds is 6. The molecule has 0 radical (unpaired) electrons. The number of anilines is 1. The van der Waals surface area contributed by atoms with Crippen LogP contribution in [-0.4, -0.2) is 33.8 Å². The highest BCUT2D eigenvalue weighted by Crippen LogP contribution is 2.49. The molecule has 3 N–H and O–H groups in total. The van der Waals surface area contributed by atoms with E-state index in [4.69, 9.17) is 15.2 Å². The Balaban J connectivity index is 1.39. The zero-order chi connectivity index (χ0) is 28.5. The Morgan fingerprint density at radius 1 is 1.07 bits per heavy atom. The molecule has 0 atom stereocenters. The first kappa shape index (κ1) is 28.3. The molecule has 3 aromatic rings. The van der Waals surface area contributed by atoms with Gasteiger partial charge in [0.05, 0.1) is 16.7 Å². The molecule has 2 aliphatic rings. The Hall–Kier alpha value is -3.26. The number of benzene rings is 2. The van der Waals surface area contributed by atoms with Crippen LogP contribution in [0.25, 0.3) is 11.3 Å². The summed E-state index contributed by atoms with van der Waals surface area (Å²) in [6.07, 6.45) is 5.59. The summed E-state index contributed by atoms with van der Waals surface area (Å²) in [6.45, 7) is 10.1. The number of carbonyl (C=O) groups excluding carboxylic acids is 1. The third-order valence-electron chi connectivity index (χ3n) is 7.57. The lowest BCUT2D eigenvalue weighted by atomic mass is 9.72. The Labute approximate surface area is 241 Å². The van der Waals surface area contributed by atoms with Crippen molar-refractivity contribution >= 4 is 23.7 Å². The van der Waals surface area contributed by atoms with Crippen LogP contribution in [0.1, 0.15) is 77.0 Å². The molecule has 0 unspecified atom stereocenters. The van der Waals surface area contributed by atoms with Gasteiger partial charge in [-0.1, -0.05) is 44.2 Å². The first-order valence-electron chi connectivity index (χ1n) is 14.1. The van der Waals surface area contributed by atoms with Crippen LogP contribution in [0.2, 0.25) is 0 Å². The van der Waals surface area contributed by atoms with Crippen molar-refractivity contribution in [3.05, 3.63) is 65.5 Å². The number of aromatic nitrogens is 2.